The normalized spacial score (nSPS) is 17.6. The Kier molecular flexibility index (Phi) is 10.8. The number of rotatable bonds is 8. The first kappa shape index (κ1) is 25.0. The van der Waals surface area contributed by atoms with Crippen molar-refractivity contribution in [3.63, 3.8) is 0 Å². The number of carbonyl (C=O) groups is 1. The Bertz CT molecular complexity index is 762. The summed E-state index contributed by atoms with van der Waals surface area (Å²) >= 11 is 0. The van der Waals surface area contributed by atoms with Crippen LogP contribution in [0, 0.1) is 0 Å². The van der Waals surface area contributed by atoms with Crippen molar-refractivity contribution in [2.45, 2.75) is 38.5 Å². The van der Waals surface area contributed by atoms with Gasteiger partial charge in [-0.05, 0) is 37.5 Å². The number of nitrogens with zero attached hydrogens (tertiary/aromatic N) is 1. The van der Waals surface area contributed by atoms with Gasteiger partial charge in [0.1, 0.15) is 6.10 Å². The molecule has 3 rings (SSSR count). The number of aromatic nitrogens is 1. The molecule has 1 aliphatic rings. The minimum atomic E-state index is -0.413. The molecule has 0 aliphatic carbocycles. The molecule has 29 heavy (non-hydrogen) atoms. The van der Waals surface area contributed by atoms with Gasteiger partial charge in [-0.2, -0.15) is 0 Å². The first-order chi connectivity index (χ1) is 13.2. The lowest BCUT2D eigenvalue weighted by Crippen LogP contribution is -2.35. The second-order valence-corrected chi connectivity index (χ2v) is 6.26. The molecule has 1 fully saturated rings. The first-order valence-electron chi connectivity index (χ1n) is 9.17. The summed E-state index contributed by atoms with van der Waals surface area (Å²) in [5.74, 6) is 1.63. The number of ether oxygens (including phenoxy) is 3. The summed E-state index contributed by atoms with van der Waals surface area (Å²) in [7, 11) is 0. The van der Waals surface area contributed by atoms with E-state index in [0.717, 1.165) is 12.0 Å². The van der Waals surface area contributed by atoms with Crippen LogP contribution in [0.4, 0.5) is 0 Å². The van der Waals surface area contributed by atoms with Gasteiger partial charge in [-0.15, -0.1) is 24.8 Å². The van der Waals surface area contributed by atoms with Crippen LogP contribution in [-0.4, -0.2) is 36.3 Å². The Hall–Kier alpha value is -2.06. The van der Waals surface area contributed by atoms with E-state index in [0.29, 0.717) is 43.5 Å². The van der Waals surface area contributed by atoms with Gasteiger partial charge in [-0.3, -0.25) is 4.79 Å². The van der Waals surface area contributed by atoms with Crippen molar-refractivity contribution in [1.82, 2.24) is 10.3 Å². The van der Waals surface area contributed by atoms with Gasteiger partial charge in [0, 0.05) is 25.4 Å². The van der Waals surface area contributed by atoms with Gasteiger partial charge in [0.05, 0.1) is 12.7 Å². The van der Waals surface area contributed by atoms with Crippen molar-refractivity contribution < 1.29 is 19.0 Å². The third kappa shape index (κ3) is 7.04. The summed E-state index contributed by atoms with van der Waals surface area (Å²) in [6, 6.07) is 11.1. The van der Waals surface area contributed by atoms with Crippen LogP contribution in [-0.2, 0) is 16.1 Å². The average Bonchev–Trinajstić information content (AvgIpc) is 3.18. The second kappa shape index (κ2) is 12.5. The van der Waals surface area contributed by atoms with E-state index >= 15 is 0 Å². The quantitative estimate of drug-likeness (QED) is 0.649. The SMILES string of the molecule is CCOc1ccccc1Oc1ccc(CNC(=O)[C@@H]2CC[C@H](CN)O2)cn1.Cl.Cl. The van der Waals surface area contributed by atoms with Gasteiger partial charge in [0.25, 0.3) is 0 Å². The molecule has 9 heteroatoms. The minimum Gasteiger partial charge on any atom is -0.490 e. The summed E-state index contributed by atoms with van der Waals surface area (Å²) in [6.07, 6.45) is 2.78. The molecule has 0 unspecified atom stereocenters. The molecule has 3 N–H and O–H groups in total. The summed E-state index contributed by atoms with van der Waals surface area (Å²) in [6.45, 7) is 3.31. The summed E-state index contributed by atoms with van der Waals surface area (Å²) in [5.41, 5.74) is 6.45. The standard InChI is InChI=1S/C20H25N3O4.2ClH/c1-2-25-16-5-3-4-6-17(16)27-19-10-7-14(12-22-19)13-23-20(24)18-9-8-15(11-21)26-18;;/h3-7,10,12,15,18H,2,8-9,11,13,21H2,1H3,(H,23,24);2*1H/t15-,18+;;/m1../s1. The van der Waals surface area contributed by atoms with Crippen molar-refractivity contribution in [2.75, 3.05) is 13.2 Å². The third-order valence-corrected chi connectivity index (χ3v) is 4.29. The highest BCUT2D eigenvalue weighted by Gasteiger charge is 2.29. The van der Waals surface area contributed by atoms with E-state index < -0.39 is 6.10 Å². The molecule has 0 bridgehead atoms. The van der Waals surface area contributed by atoms with Crippen molar-refractivity contribution in [3.8, 4) is 17.4 Å². The molecule has 2 aromatic rings. The van der Waals surface area contributed by atoms with E-state index in [-0.39, 0.29) is 36.8 Å². The largest absolute Gasteiger partial charge is 0.490 e. The lowest BCUT2D eigenvalue weighted by atomic mass is 10.2. The Morgan fingerprint density at radius 2 is 1.97 bits per heavy atom. The van der Waals surface area contributed by atoms with Crippen molar-refractivity contribution in [3.05, 3.63) is 48.2 Å². The lowest BCUT2D eigenvalue weighted by Gasteiger charge is -2.13. The molecule has 1 aromatic carbocycles. The van der Waals surface area contributed by atoms with Crippen LogP contribution in [0.3, 0.4) is 0 Å². The fourth-order valence-electron chi connectivity index (χ4n) is 2.87. The van der Waals surface area contributed by atoms with Gasteiger partial charge in [-0.25, -0.2) is 4.98 Å². The third-order valence-electron chi connectivity index (χ3n) is 4.29. The van der Waals surface area contributed by atoms with E-state index in [4.69, 9.17) is 19.9 Å². The lowest BCUT2D eigenvalue weighted by molar-refractivity contribution is -0.132. The Labute approximate surface area is 183 Å². The molecule has 160 valence electrons. The number of hydrogen-bond acceptors (Lipinski definition) is 6. The zero-order chi connectivity index (χ0) is 19.1. The number of halogens is 2. The smallest absolute Gasteiger partial charge is 0.249 e. The fourth-order valence-corrected chi connectivity index (χ4v) is 2.87. The van der Waals surface area contributed by atoms with Crippen LogP contribution in [0.25, 0.3) is 0 Å². The Balaban J connectivity index is 0.00000210. The van der Waals surface area contributed by atoms with Gasteiger partial charge in [0.15, 0.2) is 11.5 Å². The number of nitrogens with one attached hydrogen (secondary N) is 1. The molecular formula is C20H27Cl2N3O4. The fraction of sp³-hybridized carbons (Fsp3) is 0.400. The number of pyridine rings is 1. The highest BCUT2D eigenvalue weighted by atomic mass is 35.5. The molecule has 1 amide bonds. The molecular weight excluding hydrogens is 417 g/mol. The average molecular weight is 444 g/mol. The maximum absolute atomic E-state index is 12.2. The number of para-hydroxylation sites is 2. The molecule has 1 aliphatic heterocycles. The number of hydrogen-bond donors (Lipinski definition) is 2. The molecule has 7 nitrogen and oxygen atoms in total. The molecule has 0 spiro atoms. The summed E-state index contributed by atoms with van der Waals surface area (Å²) < 4.78 is 16.9. The van der Waals surface area contributed by atoms with Crippen molar-refractivity contribution in [2.24, 2.45) is 5.73 Å². The van der Waals surface area contributed by atoms with Crippen molar-refractivity contribution in [1.29, 1.82) is 0 Å². The molecule has 2 heterocycles. The molecule has 0 saturated carbocycles. The maximum atomic E-state index is 12.2. The van der Waals surface area contributed by atoms with Gasteiger partial charge < -0.3 is 25.3 Å². The van der Waals surface area contributed by atoms with Gasteiger partial charge in [0.2, 0.25) is 11.8 Å². The molecule has 2 atom stereocenters. The zero-order valence-electron chi connectivity index (χ0n) is 16.2. The second-order valence-electron chi connectivity index (χ2n) is 6.26. The van der Waals surface area contributed by atoms with Gasteiger partial charge >= 0.3 is 0 Å². The van der Waals surface area contributed by atoms with E-state index in [1.807, 2.05) is 37.3 Å². The number of nitrogens with two attached hydrogens (primary N) is 1. The predicted octanol–water partition coefficient (Wildman–Crippen LogP) is 3.24. The Morgan fingerprint density at radius 1 is 1.21 bits per heavy atom. The highest BCUT2D eigenvalue weighted by Crippen LogP contribution is 2.30. The Morgan fingerprint density at radius 3 is 2.59 bits per heavy atom. The summed E-state index contributed by atoms with van der Waals surface area (Å²) in [5, 5.41) is 2.87. The number of amides is 1. The van der Waals surface area contributed by atoms with E-state index in [1.165, 1.54) is 0 Å². The van der Waals surface area contributed by atoms with E-state index in [9.17, 15) is 4.79 Å². The maximum Gasteiger partial charge on any atom is 0.249 e. The van der Waals surface area contributed by atoms with Crippen LogP contribution in [0.2, 0.25) is 0 Å². The topological polar surface area (TPSA) is 95.7 Å². The highest BCUT2D eigenvalue weighted by molar-refractivity contribution is 5.85. The van der Waals surface area contributed by atoms with Crippen molar-refractivity contribution >= 4 is 30.7 Å². The van der Waals surface area contributed by atoms with Crippen LogP contribution in [0.5, 0.6) is 17.4 Å². The van der Waals surface area contributed by atoms with E-state index in [2.05, 4.69) is 10.3 Å². The first-order valence-corrected chi connectivity index (χ1v) is 9.17. The van der Waals surface area contributed by atoms with Crippen LogP contribution in [0.1, 0.15) is 25.3 Å². The molecule has 1 saturated heterocycles. The van der Waals surface area contributed by atoms with E-state index in [1.54, 1.807) is 12.3 Å². The predicted molar refractivity (Wildman–Crippen MR) is 115 cm³/mol. The number of carbonyl (C=O) groups excluding carboxylic acids is 1. The molecule has 1 aromatic heterocycles. The summed E-state index contributed by atoms with van der Waals surface area (Å²) in [4.78, 5) is 16.5. The monoisotopic (exact) mass is 443 g/mol. The van der Waals surface area contributed by atoms with Crippen LogP contribution >= 0.6 is 24.8 Å². The minimum absolute atomic E-state index is 0. The van der Waals surface area contributed by atoms with Gasteiger partial charge in [-0.1, -0.05) is 18.2 Å². The molecule has 0 radical (unpaired) electrons. The zero-order valence-corrected chi connectivity index (χ0v) is 17.8. The number of benzene rings is 1. The van der Waals surface area contributed by atoms with Crippen LogP contribution in [0.15, 0.2) is 42.6 Å². The van der Waals surface area contributed by atoms with Crippen LogP contribution < -0.4 is 20.5 Å².